The van der Waals surface area contributed by atoms with Gasteiger partial charge in [-0.1, -0.05) is 44.2 Å². The summed E-state index contributed by atoms with van der Waals surface area (Å²) in [5.74, 6) is 0.213. The number of hydrogen-bond donors (Lipinski definition) is 1. The van der Waals surface area contributed by atoms with Gasteiger partial charge in [-0.2, -0.15) is 16.1 Å². The Labute approximate surface area is 188 Å². The first-order valence-corrected chi connectivity index (χ1v) is 12.8. The van der Waals surface area contributed by atoms with Crippen LogP contribution in [0.15, 0.2) is 59.5 Å². The van der Waals surface area contributed by atoms with Crippen LogP contribution in [0.2, 0.25) is 0 Å². The highest BCUT2D eigenvalue weighted by molar-refractivity contribution is 7.99. The summed E-state index contributed by atoms with van der Waals surface area (Å²) >= 11 is 1.63. The Morgan fingerprint density at radius 3 is 2.35 bits per heavy atom. The highest BCUT2D eigenvalue weighted by Gasteiger charge is 2.45. The minimum absolute atomic E-state index is 0.0565. The predicted octanol–water partition coefficient (Wildman–Crippen LogP) is 4.29. The van der Waals surface area contributed by atoms with Crippen molar-refractivity contribution in [2.45, 2.75) is 36.5 Å². The molecule has 1 saturated heterocycles. The van der Waals surface area contributed by atoms with Crippen molar-refractivity contribution in [3.05, 3.63) is 60.2 Å². The molecule has 0 spiro atoms. The van der Waals surface area contributed by atoms with E-state index in [0.717, 1.165) is 11.3 Å². The van der Waals surface area contributed by atoms with Gasteiger partial charge in [0.2, 0.25) is 10.0 Å². The van der Waals surface area contributed by atoms with Crippen LogP contribution in [0.4, 0.5) is 0 Å². The van der Waals surface area contributed by atoms with Crippen LogP contribution in [0.3, 0.4) is 0 Å². The Kier molecular flexibility index (Phi) is 7.67. The summed E-state index contributed by atoms with van der Waals surface area (Å²) in [7, 11) is -2.29. The van der Waals surface area contributed by atoms with Crippen molar-refractivity contribution in [3.63, 3.8) is 0 Å². The smallest absolute Gasteiger partial charge is 0.308 e. The third-order valence-corrected chi connectivity index (χ3v) is 9.14. The van der Waals surface area contributed by atoms with E-state index in [1.54, 1.807) is 49.2 Å². The Hall–Kier alpha value is -2.03. The minimum Gasteiger partial charge on any atom is -0.497 e. The summed E-state index contributed by atoms with van der Waals surface area (Å²) < 4.78 is 33.7. The molecule has 0 amide bonds. The van der Waals surface area contributed by atoms with Crippen molar-refractivity contribution in [1.29, 1.82) is 0 Å². The summed E-state index contributed by atoms with van der Waals surface area (Å²) in [4.78, 5) is 12.3. The normalized spacial score (nSPS) is 22.4. The number of hydrogen-bond acceptors (Lipinski definition) is 5. The minimum atomic E-state index is -3.87. The van der Waals surface area contributed by atoms with E-state index < -0.39 is 28.0 Å². The number of piperidine rings is 1. The van der Waals surface area contributed by atoms with Crippen molar-refractivity contribution in [2.75, 3.05) is 19.4 Å². The third-order valence-electron chi connectivity index (χ3n) is 5.44. The van der Waals surface area contributed by atoms with Crippen LogP contribution in [0.1, 0.15) is 31.9 Å². The van der Waals surface area contributed by atoms with Crippen LogP contribution in [0.25, 0.3) is 0 Å². The van der Waals surface area contributed by atoms with E-state index in [4.69, 9.17) is 4.74 Å². The number of nitrogens with zero attached hydrogens (tertiary/aromatic N) is 1. The van der Waals surface area contributed by atoms with E-state index in [9.17, 15) is 18.3 Å². The van der Waals surface area contributed by atoms with Crippen LogP contribution in [0.5, 0.6) is 5.75 Å². The molecular formula is C23H29NO5S2. The first-order chi connectivity index (χ1) is 14.7. The first kappa shape index (κ1) is 23.6. The molecule has 2 aromatic rings. The van der Waals surface area contributed by atoms with E-state index in [2.05, 4.69) is 13.8 Å². The second-order valence-corrected chi connectivity index (χ2v) is 11.3. The average molecular weight is 464 g/mol. The number of carboxylic acid groups (broad SMARTS) is 1. The first-order valence-electron chi connectivity index (χ1n) is 10.3. The molecule has 1 N–H and O–H groups in total. The quantitative estimate of drug-likeness (QED) is 0.629. The lowest BCUT2D eigenvalue weighted by Gasteiger charge is -2.42. The second kappa shape index (κ2) is 10.1. The number of carboxylic acids is 1. The largest absolute Gasteiger partial charge is 0.497 e. The summed E-state index contributed by atoms with van der Waals surface area (Å²) in [6.07, 6.45) is 0.437. The van der Waals surface area contributed by atoms with Gasteiger partial charge in [-0.05, 0) is 47.9 Å². The van der Waals surface area contributed by atoms with E-state index in [0.29, 0.717) is 18.1 Å². The van der Waals surface area contributed by atoms with Gasteiger partial charge >= 0.3 is 5.97 Å². The fraction of sp³-hybridized carbons (Fsp3) is 0.435. The van der Waals surface area contributed by atoms with Crippen LogP contribution >= 0.6 is 11.8 Å². The van der Waals surface area contributed by atoms with Gasteiger partial charge in [0.1, 0.15) is 5.75 Å². The standard InChI is InChI=1S/C23H29NO5S2/c1-16(2)15-30-22-13-21(17-9-11-18(29-3)12-10-17)24(14-20(22)23(25)26)31(27,28)19-7-5-4-6-8-19/h4-12,16,20-22H,13-15H2,1-3H3,(H,25,26)/t20-,21+,22-/m1/s1. The molecule has 1 aliphatic rings. The fourth-order valence-electron chi connectivity index (χ4n) is 3.80. The number of methoxy groups -OCH3 is 1. The van der Waals surface area contributed by atoms with Crippen LogP contribution in [0, 0.1) is 11.8 Å². The van der Waals surface area contributed by atoms with Gasteiger partial charge in [0.05, 0.1) is 24.0 Å². The van der Waals surface area contributed by atoms with Gasteiger partial charge in [-0.15, -0.1) is 0 Å². The lowest BCUT2D eigenvalue weighted by Crippen LogP contribution is -2.49. The number of benzene rings is 2. The molecule has 0 radical (unpaired) electrons. The van der Waals surface area contributed by atoms with Gasteiger partial charge in [0.25, 0.3) is 0 Å². The topological polar surface area (TPSA) is 83.9 Å². The molecule has 6 nitrogen and oxygen atoms in total. The molecular weight excluding hydrogens is 434 g/mol. The maximum absolute atomic E-state index is 13.5. The van der Waals surface area contributed by atoms with Gasteiger partial charge in [-0.3, -0.25) is 4.79 Å². The molecule has 3 rings (SSSR count). The fourth-order valence-corrected chi connectivity index (χ4v) is 6.86. The van der Waals surface area contributed by atoms with Gasteiger partial charge in [0.15, 0.2) is 0 Å². The molecule has 8 heteroatoms. The van der Waals surface area contributed by atoms with Gasteiger partial charge in [0, 0.05) is 11.8 Å². The number of carbonyl (C=O) groups is 1. The zero-order chi connectivity index (χ0) is 22.6. The Balaban J connectivity index is 2.03. The number of ether oxygens (including phenoxy) is 1. The predicted molar refractivity (Wildman–Crippen MR) is 123 cm³/mol. The summed E-state index contributed by atoms with van der Waals surface area (Å²) in [6, 6.07) is 15.1. The molecule has 3 atom stereocenters. The highest BCUT2D eigenvalue weighted by atomic mass is 32.2. The molecule has 1 aliphatic heterocycles. The summed E-state index contributed by atoms with van der Waals surface area (Å²) in [6.45, 7) is 4.14. The molecule has 168 valence electrons. The lowest BCUT2D eigenvalue weighted by molar-refractivity contribution is -0.143. The molecule has 0 saturated carbocycles. The molecule has 1 fully saturated rings. The highest BCUT2D eigenvalue weighted by Crippen LogP contribution is 2.42. The molecule has 31 heavy (non-hydrogen) atoms. The molecule has 0 aromatic heterocycles. The van der Waals surface area contributed by atoms with Crippen LogP contribution in [-0.2, 0) is 14.8 Å². The van der Waals surface area contributed by atoms with Crippen LogP contribution in [-0.4, -0.2) is 48.5 Å². The number of thioether (sulfide) groups is 1. The second-order valence-electron chi connectivity index (χ2n) is 8.12. The van der Waals surface area contributed by atoms with E-state index in [1.165, 1.54) is 4.31 Å². The van der Waals surface area contributed by atoms with Crippen molar-refractivity contribution in [3.8, 4) is 5.75 Å². The Bertz CT molecular complexity index is 977. The zero-order valence-corrected chi connectivity index (χ0v) is 19.6. The molecule has 0 unspecified atom stereocenters. The third kappa shape index (κ3) is 5.42. The number of aliphatic carboxylic acids is 1. The molecule has 0 bridgehead atoms. The molecule has 0 aliphatic carbocycles. The zero-order valence-electron chi connectivity index (χ0n) is 18.0. The maximum atomic E-state index is 13.5. The van der Waals surface area contributed by atoms with Gasteiger partial charge < -0.3 is 9.84 Å². The Morgan fingerprint density at radius 2 is 1.81 bits per heavy atom. The number of sulfonamides is 1. The number of rotatable bonds is 8. The molecule has 2 aromatic carbocycles. The monoisotopic (exact) mass is 463 g/mol. The van der Waals surface area contributed by atoms with E-state index in [-0.39, 0.29) is 16.7 Å². The summed E-state index contributed by atoms with van der Waals surface area (Å²) in [5, 5.41) is 9.73. The van der Waals surface area contributed by atoms with Crippen LogP contribution < -0.4 is 4.74 Å². The van der Waals surface area contributed by atoms with Crippen molar-refractivity contribution in [1.82, 2.24) is 4.31 Å². The SMILES string of the molecule is COc1ccc([C@@H]2C[C@@H](SCC(C)C)[C@H](C(=O)O)CN2S(=O)(=O)c2ccccc2)cc1. The van der Waals surface area contributed by atoms with Gasteiger partial charge in [-0.25, -0.2) is 8.42 Å². The van der Waals surface area contributed by atoms with Crippen molar-refractivity contribution >= 4 is 27.8 Å². The lowest BCUT2D eigenvalue weighted by atomic mass is 9.90. The van der Waals surface area contributed by atoms with E-state index in [1.807, 2.05) is 24.3 Å². The van der Waals surface area contributed by atoms with E-state index >= 15 is 0 Å². The van der Waals surface area contributed by atoms with Crippen molar-refractivity contribution in [2.24, 2.45) is 11.8 Å². The maximum Gasteiger partial charge on any atom is 0.308 e. The molecule has 1 heterocycles. The Morgan fingerprint density at radius 1 is 1.16 bits per heavy atom. The average Bonchev–Trinajstić information content (AvgIpc) is 2.77. The summed E-state index contributed by atoms with van der Waals surface area (Å²) in [5.41, 5.74) is 0.833. The van der Waals surface area contributed by atoms with Crippen molar-refractivity contribution < 1.29 is 23.1 Å².